The molecule has 6 nitrogen and oxygen atoms in total. The lowest BCUT2D eigenvalue weighted by Crippen LogP contribution is -2.19. The third-order valence-corrected chi connectivity index (χ3v) is 2.59. The number of carbonyl (C=O) groups excluding carboxylic acids is 1. The molecule has 0 fully saturated rings. The molecule has 0 spiro atoms. The predicted molar refractivity (Wildman–Crippen MR) is 69.8 cm³/mol. The number of nitrogens with one attached hydrogen (secondary N) is 1. The predicted octanol–water partition coefficient (Wildman–Crippen LogP) is 1.23. The second-order valence-corrected chi connectivity index (χ2v) is 3.86. The minimum Gasteiger partial charge on any atom is -0.437 e. The third kappa shape index (κ3) is 2.89. The summed E-state index contributed by atoms with van der Waals surface area (Å²) in [4.78, 5) is 11.3. The molecule has 0 saturated heterocycles. The van der Waals surface area contributed by atoms with Crippen molar-refractivity contribution in [1.82, 2.24) is 15.5 Å². The number of aromatic nitrogens is 2. The quantitative estimate of drug-likeness (QED) is 0.876. The van der Waals surface area contributed by atoms with E-state index >= 15 is 0 Å². The molecule has 0 aliphatic heterocycles. The van der Waals surface area contributed by atoms with Crippen LogP contribution < -0.4 is 15.8 Å². The van der Waals surface area contributed by atoms with E-state index in [1.807, 2.05) is 0 Å². The van der Waals surface area contributed by atoms with Crippen molar-refractivity contribution < 1.29 is 13.9 Å². The Kier molecular flexibility index (Phi) is 4.21. The van der Waals surface area contributed by atoms with Gasteiger partial charge >= 0.3 is 0 Å². The average molecular weight is 276 g/mol. The number of hydrogen-bond donors (Lipinski definition) is 2. The highest BCUT2D eigenvalue weighted by Crippen LogP contribution is 2.25. The second-order valence-electron chi connectivity index (χ2n) is 3.86. The SMILES string of the molecule is CNC(=O)c1ccc(Oc2cccc(F)c2CN)nn1. The first-order valence-corrected chi connectivity index (χ1v) is 5.87. The summed E-state index contributed by atoms with van der Waals surface area (Å²) in [5, 5.41) is 9.89. The lowest BCUT2D eigenvalue weighted by Gasteiger charge is -2.09. The van der Waals surface area contributed by atoms with Crippen LogP contribution in [0.1, 0.15) is 16.1 Å². The second kappa shape index (κ2) is 6.07. The van der Waals surface area contributed by atoms with E-state index in [4.69, 9.17) is 10.5 Å². The number of rotatable bonds is 4. The topological polar surface area (TPSA) is 90.1 Å². The number of nitrogens with two attached hydrogens (primary N) is 1. The van der Waals surface area contributed by atoms with Crippen LogP contribution in [0.2, 0.25) is 0 Å². The molecule has 1 aromatic heterocycles. The van der Waals surface area contributed by atoms with Crippen LogP contribution in [0.5, 0.6) is 11.6 Å². The van der Waals surface area contributed by atoms with Gasteiger partial charge in [0.05, 0.1) is 0 Å². The van der Waals surface area contributed by atoms with E-state index in [1.165, 1.54) is 31.3 Å². The van der Waals surface area contributed by atoms with Crippen LogP contribution in [0.4, 0.5) is 4.39 Å². The summed E-state index contributed by atoms with van der Waals surface area (Å²) in [6.45, 7) is 0.00571. The van der Waals surface area contributed by atoms with Crippen LogP contribution in [0.3, 0.4) is 0 Å². The van der Waals surface area contributed by atoms with Gasteiger partial charge < -0.3 is 15.8 Å². The van der Waals surface area contributed by atoms with E-state index in [2.05, 4.69) is 15.5 Å². The Balaban J connectivity index is 2.22. The van der Waals surface area contributed by atoms with E-state index in [9.17, 15) is 9.18 Å². The van der Waals surface area contributed by atoms with Crippen molar-refractivity contribution in [3.05, 3.63) is 47.4 Å². The molecular weight excluding hydrogens is 263 g/mol. The van der Waals surface area contributed by atoms with Crippen molar-refractivity contribution in [3.8, 4) is 11.6 Å². The number of nitrogens with zero attached hydrogens (tertiary/aromatic N) is 2. The smallest absolute Gasteiger partial charge is 0.271 e. The summed E-state index contributed by atoms with van der Waals surface area (Å²) in [7, 11) is 1.49. The van der Waals surface area contributed by atoms with Gasteiger partial charge in [0, 0.05) is 25.2 Å². The highest BCUT2D eigenvalue weighted by molar-refractivity contribution is 5.91. The standard InChI is InChI=1S/C13H13FN4O2/c1-16-13(19)10-5-6-12(18-17-10)20-11-4-2-3-9(14)8(11)7-15/h2-6H,7,15H2,1H3,(H,16,19). The molecule has 2 rings (SSSR count). The molecule has 0 aliphatic rings. The van der Waals surface area contributed by atoms with Crippen LogP contribution >= 0.6 is 0 Å². The molecule has 0 aliphatic carbocycles. The van der Waals surface area contributed by atoms with Gasteiger partial charge in [0.1, 0.15) is 11.6 Å². The summed E-state index contributed by atoms with van der Waals surface area (Å²) < 4.78 is 18.9. The van der Waals surface area contributed by atoms with E-state index in [-0.39, 0.29) is 35.3 Å². The summed E-state index contributed by atoms with van der Waals surface area (Å²) in [6, 6.07) is 7.33. The minimum absolute atomic E-state index is 0.00571. The summed E-state index contributed by atoms with van der Waals surface area (Å²) >= 11 is 0. The monoisotopic (exact) mass is 276 g/mol. The minimum atomic E-state index is -0.444. The summed E-state index contributed by atoms with van der Waals surface area (Å²) in [6.07, 6.45) is 0. The Hall–Kier alpha value is -2.54. The van der Waals surface area contributed by atoms with Crippen molar-refractivity contribution in [2.45, 2.75) is 6.54 Å². The maximum Gasteiger partial charge on any atom is 0.271 e. The number of halogens is 1. The highest BCUT2D eigenvalue weighted by Gasteiger charge is 2.11. The third-order valence-electron chi connectivity index (χ3n) is 2.59. The fraction of sp³-hybridized carbons (Fsp3) is 0.154. The molecule has 0 radical (unpaired) electrons. The van der Waals surface area contributed by atoms with Gasteiger partial charge in [-0.2, -0.15) is 0 Å². The Morgan fingerprint density at radius 3 is 2.75 bits per heavy atom. The van der Waals surface area contributed by atoms with Crippen molar-refractivity contribution in [2.24, 2.45) is 5.73 Å². The first-order valence-electron chi connectivity index (χ1n) is 5.87. The molecule has 0 saturated carbocycles. The molecule has 0 atom stereocenters. The van der Waals surface area contributed by atoms with Gasteiger partial charge in [0.25, 0.3) is 5.91 Å². The highest BCUT2D eigenvalue weighted by atomic mass is 19.1. The van der Waals surface area contributed by atoms with E-state index < -0.39 is 5.82 Å². The Morgan fingerprint density at radius 2 is 2.15 bits per heavy atom. The number of hydrogen-bond acceptors (Lipinski definition) is 5. The molecule has 0 bridgehead atoms. The molecule has 2 aromatic rings. The lowest BCUT2D eigenvalue weighted by molar-refractivity contribution is 0.0957. The van der Waals surface area contributed by atoms with Crippen molar-refractivity contribution in [1.29, 1.82) is 0 Å². The van der Waals surface area contributed by atoms with Crippen molar-refractivity contribution in [3.63, 3.8) is 0 Å². The average Bonchev–Trinajstić information content (AvgIpc) is 2.47. The zero-order valence-corrected chi connectivity index (χ0v) is 10.8. The first kappa shape index (κ1) is 13.9. The van der Waals surface area contributed by atoms with Gasteiger partial charge in [0.15, 0.2) is 5.69 Å². The normalized spacial score (nSPS) is 10.2. The number of amides is 1. The lowest BCUT2D eigenvalue weighted by atomic mass is 10.2. The van der Waals surface area contributed by atoms with Crippen LogP contribution in [0.25, 0.3) is 0 Å². The summed E-state index contributed by atoms with van der Waals surface area (Å²) in [5.74, 6) is -0.371. The van der Waals surface area contributed by atoms with E-state index in [0.29, 0.717) is 0 Å². The van der Waals surface area contributed by atoms with Gasteiger partial charge in [-0.15, -0.1) is 10.2 Å². The number of carbonyl (C=O) groups is 1. The molecular formula is C13H13FN4O2. The Labute approximate surface area is 114 Å². The molecule has 20 heavy (non-hydrogen) atoms. The number of ether oxygens (including phenoxy) is 1. The zero-order chi connectivity index (χ0) is 14.5. The number of benzene rings is 1. The molecule has 3 N–H and O–H groups in total. The first-order chi connectivity index (χ1) is 9.65. The molecule has 104 valence electrons. The largest absolute Gasteiger partial charge is 0.437 e. The molecule has 0 unspecified atom stereocenters. The van der Waals surface area contributed by atoms with Crippen LogP contribution in [0.15, 0.2) is 30.3 Å². The Morgan fingerprint density at radius 1 is 1.35 bits per heavy atom. The van der Waals surface area contributed by atoms with Crippen LogP contribution in [-0.4, -0.2) is 23.2 Å². The Bertz CT molecular complexity index is 616. The van der Waals surface area contributed by atoms with Gasteiger partial charge in [0.2, 0.25) is 5.88 Å². The molecule has 1 amide bonds. The zero-order valence-electron chi connectivity index (χ0n) is 10.8. The van der Waals surface area contributed by atoms with E-state index in [1.54, 1.807) is 6.07 Å². The fourth-order valence-electron chi connectivity index (χ4n) is 1.57. The van der Waals surface area contributed by atoms with Gasteiger partial charge in [-0.3, -0.25) is 4.79 Å². The molecule has 1 heterocycles. The van der Waals surface area contributed by atoms with Gasteiger partial charge in [-0.25, -0.2) is 4.39 Å². The van der Waals surface area contributed by atoms with Crippen LogP contribution in [-0.2, 0) is 6.54 Å². The van der Waals surface area contributed by atoms with Crippen LogP contribution in [0, 0.1) is 5.82 Å². The van der Waals surface area contributed by atoms with Gasteiger partial charge in [-0.1, -0.05) is 6.07 Å². The summed E-state index contributed by atoms with van der Waals surface area (Å²) in [5.41, 5.74) is 5.90. The molecule has 1 aromatic carbocycles. The van der Waals surface area contributed by atoms with Gasteiger partial charge in [-0.05, 0) is 18.2 Å². The van der Waals surface area contributed by atoms with Crippen molar-refractivity contribution in [2.75, 3.05) is 7.05 Å². The van der Waals surface area contributed by atoms with Crippen molar-refractivity contribution >= 4 is 5.91 Å². The maximum atomic E-state index is 13.5. The van der Waals surface area contributed by atoms with E-state index in [0.717, 1.165) is 0 Å². The fourth-order valence-corrected chi connectivity index (χ4v) is 1.57. The molecule has 7 heteroatoms. The maximum absolute atomic E-state index is 13.5.